The molecule has 32 heavy (non-hydrogen) atoms. The predicted octanol–water partition coefficient (Wildman–Crippen LogP) is 4.61. The molecule has 0 radical (unpaired) electrons. The molecule has 3 fully saturated rings. The molecule has 3 heterocycles. The van der Waals surface area contributed by atoms with Crippen LogP contribution in [0.5, 0.6) is 0 Å². The first-order chi connectivity index (χ1) is 15.5. The number of hydrogen-bond donors (Lipinski definition) is 0. The number of aromatic nitrogens is 1. The molecule has 2 atom stereocenters. The number of pyridine rings is 1. The molecule has 6 heteroatoms. The number of amides is 1. The Morgan fingerprint density at radius 1 is 1.12 bits per heavy atom. The summed E-state index contributed by atoms with van der Waals surface area (Å²) in [6, 6.07) is 9.48. The second-order valence-corrected chi connectivity index (χ2v) is 9.93. The molecule has 4 aliphatic rings. The Balaban J connectivity index is 1.20. The summed E-state index contributed by atoms with van der Waals surface area (Å²) in [6.07, 6.45) is 8.67. The lowest BCUT2D eigenvalue weighted by Crippen LogP contribution is -2.40. The van der Waals surface area contributed by atoms with Crippen molar-refractivity contribution in [3.05, 3.63) is 65.0 Å². The van der Waals surface area contributed by atoms with Crippen LogP contribution in [0.15, 0.2) is 42.7 Å². The minimum Gasteiger partial charge on any atom is -0.449 e. The monoisotopic (exact) mass is 434 g/mol. The van der Waals surface area contributed by atoms with Crippen molar-refractivity contribution in [3.8, 4) is 0 Å². The van der Waals surface area contributed by atoms with Crippen molar-refractivity contribution in [2.24, 2.45) is 5.92 Å². The zero-order valence-electron chi connectivity index (χ0n) is 18.1. The summed E-state index contributed by atoms with van der Waals surface area (Å²) in [4.78, 5) is 31.8. The van der Waals surface area contributed by atoms with Gasteiger partial charge in [-0.25, -0.2) is 9.18 Å². The van der Waals surface area contributed by atoms with E-state index in [1.54, 1.807) is 12.4 Å². The van der Waals surface area contributed by atoms with Crippen molar-refractivity contribution in [2.45, 2.75) is 62.1 Å². The van der Waals surface area contributed by atoms with Gasteiger partial charge in [-0.3, -0.25) is 9.78 Å². The number of carbonyl (C=O) groups is 2. The summed E-state index contributed by atoms with van der Waals surface area (Å²) in [7, 11) is 0. The van der Waals surface area contributed by atoms with Crippen molar-refractivity contribution in [3.63, 3.8) is 0 Å². The number of likely N-dealkylation sites (tertiary alicyclic amines) is 1. The molecule has 5 nitrogen and oxygen atoms in total. The zero-order chi connectivity index (χ0) is 21.9. The summed E-state index contributed by atoms with van der Waals surface area (Å²) in [6.45, 7) is 0.935. The number of ether oxygens (including phenoxy) is 1. The summed E-state index contributed by atoms with van der Waals surface area (Å²) < 4.78 is 20.7. The van der Waals surface area contributed by atoms with E-state index < -0.39 is 17.2 Å². The molecule has 2 aliphatic heterocycles. The molecule has 1 aromatic carbocycles. The highest BCUT2D eigenvalue weighted by atomic mass is 19.1. The Kier molecular flexibility index (Phi) is 4.43. The van der Waals surface area contributed by atoms with Crippen molar-refractivity contribution in [1.29, 1.82) is 0 Å². The van der Waals surface area contributed by atoms with Crippen LogP contribution in [0, 0.1) is 5.92 Å². The van der Waals surface area contributed by atoms with Gasteiger partial charge in [0.25, 0.3) is 0 Å². The number of rotatable bonds is 4. The topological polar surface area (TPSA) is 59.5 Å². The van der Waals surface area contributed by atoms with Gasteiger partial charge in [0.1, 0.15) is 6.17 Å². The third kappa shape index (κ3) is 2.91. The second kappa shape index (κ2) is 7.12. The van der Waals surface area contributed by atoms with Crippen molar-refractivity contribution in [1.82, 2.24) is 9.88 Å². The van der Waals surface area contributed by atoms with Crippen LogP contribution in [-0.4, -0.2) is 34.8 Å². The van der Waals surface area contributed by atoms with Gasteiger partial charge < -0.3 is 9.64 Å². The van der Waals surface area contributed by atoms with Gasteiger partial charge in [0.15, 0.2) is 5.60 Å². The SMILES string of the molecule is O=C1O[C@]2(CCN(C(=O)C3(c4ccc(C(F)C5CCCC5)cc4)CC3)C2)c2ccncc21. The maximum atomic E-state index is 14.9. The van der Waals surface area contributed by atoms with Crippen LogP contribution >= 0.6 is 0 Å². The van der Waals surface area contributed by atoms with Crippen LogP contribution in [0.2, 0.25) is 0 Å². The van der Waals surface area contributed by atoms with Crippen molar-refractivity contribution >= 4 is 11.9 Å². The standard InChI is InChI=1S/C26H27FN2O3/c27-22(17-3-1-2-4-17)18-5-7-19(8-6-18)25(10-11-25)24(31)29-14-12-26(16-29)21-9-13-28-15-20(21)23(30)32-26/h5-9,13,15,17,22H,1-4,10-12,14,16H2/t22?,26-/m0/s1. The first-order valence-electron chi connectivity index (χ1n) is 11.7. The van der Waals surface area contributed by atoms with E-state index in [1.165, 1.54) is 0 Å². The van der Waals surface area contributed by atoms with Gasteiger partial charge >= 0.3 is 5.97 Å². The van der Waals surface area contributed by atoms with E-state index in [0.29, 0.717) is 25.1 Å². The van der Waals surface area contributed by atoms with Crippen LogP contribution in [0.1, 0.15) is 78.2 Å². The molecule has 1 unspecified atom stereocenters. The number of fused-ring (bicyclic) bond motifs is 2. The number of hydrogen-bond acceptors (Lipinski definition) is 4. The molecule has 1 saturated heterocycles. The zero-order valence-corrected chi connectivity index (χ0v) is 18.1. The van der Waals surface area contributed by atoms with Crippen LogP contribution < -0.4 is 0 Å². The fourth-order valence-corrected chi connectivity index (χ4v) is 6.06. The molecular formula is C26H27FN2O3. The molecule has 2 saturated carbocycles. The number of nitrogens with zero attached hydrogens (tertiary/aromatic N) is 2. The number of halogens is 1. The maximum absolute atomic E-state index is 14.9. The van der Waals surface area contributed by atoms with E-state index in [2.05, 4.69) is 4.98 Å². The summed E-state index contributed by atoms with van der Waals surface area (Å²) in [5.41, 5.74) is 1.76. The van der Waals surface area contributed by atoms with E-state index >= 15 is 0 Å². The molecule has 6 rings (SSSR count). The number of carbonyl (C=O) groups excluding carboxylic acids is 2. The molecule has 166 valence electrons. The predicted molar refractivity (Wildman–Crippen MR) is 116 cm³/mol. The highest BCUT2D eigenvalue weighted by molar-refractivity contribution is 5.95. The minimum atomic E-state index is -0.914. The molecule has 1 amide bonds. The lowest BCUT2D eigenvalue weighted by Gasteiger charge is -2.27. The fraction of sp³-hybridized carbons (Fsp3) is 0.500. The fourth-order valence-electron chi connectivity index (χ4n) is 6.06. The maximum Gasteiger partial charge on any atom is 0.341 e. The normalized spacial score (nSPS) is 26.9. The average molecular weight is 435 g/mol. The minimum absolute atomic E-state index is 0.0910. The average Bonchev–Trinajstić information content (AvgIpc) is 3.15. The lowest BCUT2D eigenvalue weighted by molar-refractivity contribution is -0.134. The van der Waals surface area contributed by atoms with Gasteiger partial charge in [0, 0.05) is 30.9 Å². The van der Waals surface area contributed by atoms with E-state index in [4.69, 9.17) is 4.74 Å². The first kappa shape index (κ1) is 19.9. The van der Waals surface area contributed by atoms with Crippen LogP contribution in [-0.2, 0) is 20.5 Å². The molecular weight excluding hydrogens is 407 g/mol. The highest BCUT2D eigenvalue weighted by Gasteiger charge is 2.57. The Morgan fingerprint density at radius 3 is 2.59 bits per heavy atom. The molecule has 1 spiro atoms. The van der Waals surface area contributed by atoms with Crippen molar-refractivity contribution < 1.29 is 18.7 Å². The Morgan fingerprint density at radius 2 is 1.88 bits per heavy atom. The number of esters is 1. The lowest BCUT2D eigenvalue weighted by atomic mass is 9.90. The molecule has 2 aromatic rings. The first-order valence-corrected chi connectivity index (χ1v) is 11.7. The van der Waals surface area contributed by atoms with E-state index in [9.17, 15) is 14.0 Å². The van der Waals surface area contributed by atoms with Crippen molar-refractivity contribution in [2.75, 3.05) is 13.1 Å². The number of benzene rings is 1. The quantitative estimate of drug-likeness (QED) is 0.660. The Bertz CT molecular complexity index is 1070. The smallest absolute Gasteiger partial charge is 0.341 e. The van der Waals surface area contributed by atoms with Gasteiger partial charge in [-0.15, -0.1) is 0 Å². The molecule has 1 aromatic heterocycles. The van der Waals surface area contributed by atoms with Gasteiger partial charge in [0.05, 0.1) is 17.5 Å². The van der Waals surface area contributed by atoms with Crippen LogP contribution in [0.3, 0.4) is 0 Å². The largest absolute Gasteiger partial charge is 0.449 e. The van der Waals surface area contributed by atoms with Gasteiger partial charge in [-0.05, 0) is 48.8 Å². The van der Waals surface area contributed by atoms with E-state index in [1.807, 2.05) is 35.2 Å². The third-order valence-electron chi connectivity index (χ3n) is 8.09. The van der Waals surface area contributed by atoms with Gasteiger partial charge in [0.2, 0.25) is 5.91 Å². The molecule has 2 aliphatic carbocycles. The van der Waals surface area contributed by atoms with Gasteiger partial charge in [-0.2, -0.15) is 0 Å². The van der Waals surface area contributed by atoms with Crippen LogP contribution in [0.25, 0.3) is 0 Å². The van der Waals surface area contributed by atoms with Gasteiger partial charge in [-0.1, -0.05) is 37.1 Å². The molecule has 0 bridgehead atoms. The third-order valence-corrected chi connectivity index (χ3v) is 8.09. The Hall–Kier alpha value is -2.76. The van der Waals surface area contributed by atoms with E-state index in [0.717, 1.165) is 55.2 Å². The summed E-state index contributed by atoms with van der Waals surface area (Å²) in [5.74, 6) is -0.138. The summed E-state index contributed by atoms with van der Waals surface area (Å²) >= 11 is 0. The highest BCUT2D eigenvalue weighted by Crippen LogP contribution is 2.52. The summed E-state index contributed by atoms with van der Waals surface area (Å²) in [5, 5.41) is 0. The van der Waals surface area contributed by atoms with E-state index in [-0.39, 0.29) is 17.8 Å². The molecule has 0 N–H and O–H groups in total. The van der Waals surface area contributed by atoms with Crippen LogP contribution in [0.4, 0.5) is 4.39 Å². The number of alkyl halides is 1. The Labute approximate surface area is 187 Å². The second-order valence-electron chi connectivity index (χ2n) is 9.93.